The Morgan fingerprint density at radius 3 is 2.51 bits per heavy atom. The summed E-state index contributed by atoms with van der Waals surface area (Å²) in [5.41, 5.74) is 0.590. The van der Waals surface area contributed by atoms with Crippen LogP contribution in [0.3, 0.4) is 0 Å². The second-order valence-corrected chi connectivity index (χ2v) is 9.55. The van der Waals surface area contributed by atoms with E-state index in [2.05, 4.69) is 16.0 Å². The molecule has 1 aromatic carbocycles. The first-order valence-corrected chi connectivity index (χ1v) is 11.5. The molecule has 0 unspecified atom stereocenters. The summed E-state index contributed by atoms with van der Waals surface area (Å²) in [5.74, 6) is -2.07. The summed E-state index contributed by atoms with van der Waals surface area (Å²) < 4.78 is 48.1. The molecular weight excluding hydrogens is 464 g/mol. The van der Waals surface area contributed by atoms with Gasteiger partial charge in [-0.15, -0.1) is 0 Å². The Bertz CT molecular complexity index is 917. The molecule has 0 aliphatic carbocycles. The largest absolute Gasteiger partial charge is 0.509 e. The number of allylic oxidation sites excluding steroid dienone is 1. The van der Waals surface area contributed by atoms with Gasteiger partial charge in [0.15, 0.2) is 12.2 Å². The predicted octanol–water partition coefficient (Wildman–Crippen LogP) is 3.14. The molecule has 3 atom stereocenters. The molecule has 0 saturated carbocycles. The molecule has 1 amide bonds. The van der Waals surface area contributed by atoms with E-state index in [1.807, 2.05) is 24.3 Å². The fraction of sp³-hybridized carbons (Fsp3) is 0.583. The van der Waals surface area contributed by atoms with E-state index >= 15 is 0 Å². The Morgan fingerprint density at radius 2 is 1.91 bits per heavy atom. The lowest BCUT2D eigenvalue weighted by atomic mass is 10.0. The van der Waals surface area contributed by atoms with Crippen LogP contribution >= 0.6 is 0 Å². The van der Waals surface area contributed by atoms with Crippen LogP contribution in [0.4, 0.5) is 18.4 Å². The maximum Gasteiger partial charge on any atom is 0.509 e. The minimum Gasteiger partial charge on any atom is -0.497 e. The second kappa shape index (κ2) is 11.1. The van der Waals surface area contributed by atoms with Crippen LogP contribution in [-0.2, 0) is 20.6 Å². The maximum atomic E-state index is 13.3. The third kappa shape index (κ3) is 8.27. The molecule has 9 nitrogen and oxygen atoms in total. The quantitative estimate of drug-likeness (QED) is 0.494. The zero-order valence-electron chi connectivity index (χ0n) is 20.4. The molecule has 2 aliphatic heterocycles. The Labute approximate surface area is 203 Å². The van der Waals surface area contributed by atoms with Gasteiger partial charge in [-0.2, -0.15) is 0 Å². The van der Waals surface area contributed by atoms with Crippen LogP contribution in [0.15, 0.2) is 36.0 Å². The van der Waals surface area contributed by atoms with Crippen molar-refractivity contribution in [3.8, 4) is 5.75 Å². The van der Waals surface area contributed by atoms with Crippen molar-refractivity contribution in [3.63, 3.8) is 0 Å². The van der Waals surface area contributed by atoms with Crippen LogP contribution in [0.1, 0.15) is 32.8 Å². The number of alkyl carbamates (subject to hydrolysis) is 1. The molecule has 0 bridgehead atoms. The number of nitrogens with one attached hydrogen (secondary N) is 3. The molecule has 2 aliphatic rings. The van der Waals surface area contributed by atoms with Gasteiger partial charge in [-0.25, -0.2) is 18.4 Å². The van der Waals surface area contributed by atoms with E-state index in [1.54, 1.807) is 27.9 Å². The maximum absolute atomic E-state index is 13.3. The summed E-state index contributed by atoms with van der Waals surface area (Å²) in [4.78, 5) is 24.7. The first-order chi connectivity index (χ1) is 16.4. The second-order valence-electron chi connectivity index (χ2n) is 9.55. The Morgan fingerprint density at radius 1 is 1.20 bits per heavy atom. The van der Waals surface area contributed by atoms with Crippen LogP contribution in [0, 0.1) is 0 Å². The third-order valence-electron chi connectivity index (χ3n) is 5.46. The minimum absolute atomic E-state index is 0.0120. The molecule has 11 heteroatoms. The number of methoxy groups -OCH3 is 1. The first-order valence-electron chi connectivity index (χ1n) is 11.5. The summed E-state index contributed by atoms with van der Waals surface area (Å²) in [6, 6.07) is 7.12. The minimum atomic E-state index is -2.79. The fourth-order valence-electron chi connectivity index (χ4n) is 3.84. The number of amides is 1. The van der Waals surface area contributed by atoms with Gasteiger partial charge in [-0.1, -0.05) is 12.1 Å². The molecular formula is C24H33F2N3O6. The van der Waals surface area contributed by atoms with Crippen LogP contribution < -0.4 is 20.7 Å². The van der Waals surface area contributed by atoms with E-state index in [0.717, 1.165) is 11.3 Å². The van der Waals surface area contributed by atoms with Gasteiger partial charge in [0.05, 0.1) is 26.1 Å². The number of ether oxygens (including phenoxy) is 4. The van der Waals surface area contributed by atoms with Gasteiger partial charge < -0.3 is 34.9 Å². The molecule has 0 spiro atoms. The molecule has 194 valence electrons. The molecule has 2 saturated heterocycles. The third-order valence-corrected chi connectivity index (χ3v) is 5.46. The number of benzene rings is 1. The Hall–Kier alpha value is -3.08. The van der Waals surface area contributed by atoms with Crippen molar-refractivity contribution in [2.75, 3.05) is 26.7 Å². The number of carbonyl (C=O) groups excluding carboxylic acids is 2. The average molecular weight is 498 g/mol. The number of hydrogen-bond donors (Lipinski definition) is 3. The van der Waals surface area contributed by atoms with E-state index in [9.17, 15) is 18.4 Å². The first kappa shape index (κ1) is 26.5. The molecule has 35 heavy (non-hydrogen) atoms. The normalized spacial score (nSPS) is 24.5. The number of hydrogen-bond acceptors (Lipinski definition) is 8. The summed E-state index contributed by atoms with van der Waals surface area (Å²) in [5, 5.41) is 8.39. The SMILES string of the molecule is COc1ccc(C[C@H]2NC[C@H](OC(=O)OC(C)(C)C)[C@H]2OC(=O)NC/C=C2\CC(F)(F)CN2)cc1. The van der Waals surface area contributed by atoms with Gasteiger partial charge in [0, 0.05) is 18.8 Å². The molecule has 0 aromatic heterocycles. The van der Waals surface area contributed by atoms with Crippen LogP contribution in [0.25, 0.3) is 0 Å². The van der Waals surface area contributed by atoms with Gasteiger partial charge in [-0.3, -0.25) is 0 Å². The number of rotatable bonds is 7. The van der Waals surface area contributed by atoms with Crippen molar-refractivity contribution >= 4 is 12.2 Å². The van der Waals surface area contributed by atoms with E-state index < -0.39 is 48.9 Å². The highest BCUT2D eigenvalue weighted by molar-refractivity contribution is 5.68. The summed E-state index contributed by atoms with van der Waals surface area (Å²) >= 11 is 0. The van der Waals surface area contributed by atoms with E-state index in [-0.39, 0.29) is 19.1 Å². The topological polar surface area (TPSA) is 107 Å². The van der Waals surface area contributed by atoms with Gasteiger partial charge in [-0.05, 0) is 51.0 Å². The summed E-state index contributed by atoms with van der Waals surface area (Å²) in [6.07, 6.45) is -1.60. The van der Waals surface area contributed by atoms with Gasteiger partial charge in [0.1, 0.15) is 11.4 Å². The average Bonchev–Trinajstić information content (AvgIpc) is 3.29. The number of carbonyl (C=O) groups is 2. The smallest absolute Gasteiger partial charge is 0.497 e. The predicted molar refractivity (Wildman–Crippen MR) is 124 cm³/mol. The molecule has 3 N–H and O–H groups in total. The van der Waals surface area contributed by atoms with Crippen LogP contribution in [0.2, 0.25) is 0 Å². The van der Waals surface area contributed by atoms with Gasteiger partial charge in [0.25, 0.3) is 5.92 Å². The number of alkyl halides is 2. The molecule has 1 aromatic rings. The fourth-order valence-corrected chi connectivity index (χ4v) is 3.84. The van der Waals surface area contributed by atoms with E-state index in [1.165, 1.54) is 6.08 Å². The van der Waals surface area contributed by atoms with E-state index in [0.29, 0.717) is 12.1 Å². The van der Waals surface area contributed by atoms with Crippen molar-refractivity contribution in [3.05, 3.63) is 41.6 Å². The highest BCUT2D eigenvalue weighted by Gasteiger charge is 2.42. The van der Waals surface area contributed by atoms with Crippen LogP contribution in [0.5, 0.6) is 5.75 Å². The molecule has 0 radical (unpaired) electrons. The van der Waals surface area contributed by atoms with Crippen molar-refractivity contribution < 1.29 is 37.3 Å². The van der Waals surface area contributed by atoms with Crippen molar-refractivity contribution in [2.24, 2.45) is 0 Å². The van der Waals surface area contributed by atoms with Gasteiger partial charge >= 0.3 is 12.2 Å². The highest BCUT2D eigenvalue weighted by Crippen LogP contribution is 2.27. The molecule has 3 rings (SSSR count). The van der Waals surface area contributed by atoms with Crippen molar-refractivity contribution in [1.82, 2.24) is 16.0 Å². The number of halogens is 2. The van der Waals surface area contributed by atoms with Crippen molar-refractivity contribution in [2.45, 2.75) is 63.4 Å². The Balaban J connectivity index is 1.63. The lowest BCUT2D eigenvalue weighted by Gasteiger charge is -2.26. The van der Waals surface area contributed by atoms with Crippen LogP contribution in [-0.4, -0.2) is 68.8 Å². The highest BCUT2D eigenvalue weighted by atomic mass is 19.3. The zero-order chi connectivity index (χ0) is 25.6. The zero-order valence-corrected chi connectivity index (χ0v) is 20.4. The summed E-state index contributed by atoms with van der Waals surface area (Å²) in [7, 11) is 1.58. The lowest BCUT2D eigenvalue weighted by molar-refractivity contribution is -0.0517. The summed E-state index contributed by atoms with van der Waals surface area (Å²) in [6.45, 7) is 5.02. The van der Waals surface area contributed by atoms with Gasteiger partial charge in [0.2, 0.25) is 0 Å². The molecule has 2 heterocycles. The lowest BCUT2D eigenvalue weighted by Crippen LogP contribution is -2.43. The standard InChI is InChI=1S/C24H33F2N3O6/c1-23(2,3)35-22(31)33-19-13-28-18(11-15-5-7-17(32-4)8-6-15)20(19)34-21(30)27-10-9-16-12-24(25,26)14-29-16/h5-9,18-20,28-29H,10-14H2,1-4H3,(H,27,30)/b16-9+/t18-,19+,20+/m1/s1. The van der Waals surface area contributed by atoms with Crippen molar-refractivity contribution in [1.29, 1.82) is 0 Å². The Kier molecular flexibility index (Phi) is 8.42. The van der Waals surface area contributed by atoms with E-state index in [4.69, 9.17) is 18.9 Å². The monoisotopic (exact) mass is 497 g/mol. The molecule has 2 fully saturated rings.